The molecule has 0 bridgehead atoms. The van der Waals surface area contributed by atoms with E-state index < -0.39 is 5.54 Å². The van der Waals surface area contributed by atoms with Crippen LogP contribution in [0, 0.1) is 0 Å². The maximum absolute atomic E-state index is 12.0. The molecular formula is C15H22N2O4. The monoisotopic (exact) mass is 294 g/mol. The molecule has 0 aromatic carbocycles. The predicted molar refractivity (Wildman–Crippen MR) is 76.8 cm³/mol. The summed E-state index contributed by atoms with van der Waals surface area (Å²) in [6, 6.07) is 3.33. The molecule has 1 fully saturated rings. The zero-order valence-electron chi connectivity index (χ0n) is 12.3. The van der Waals surface area contributed by atoms with Crippen molar-refractivity contribution in [1.29, 1.82) is 0 Å². The Labute approximate surface area is 124 Å². The van der Waals surface area contributed by atoms with Gasteiger partial charge in [0.1, 0.15) is 11.3 Å². The summed E-state index contributed by atoms with van der Waals surface area (Å²) in [6.45, 7) is 0.455. The maximum atomic E-state index is 12.0. The van der Waals surface area contributed by atoms with Crippen LogP contribution in [-0.2, 0) is 16.0 Å². The summed E-state index contributed by atoms with van der Waals surface area (Å²) in [5.74, 6) is 0.457. The van der Waals surface area contributed by atoms with E-state index in [1.165, 1.54) is 7.11 Å². The third kappa shape index (κ3) is 4.00. The van der Waals surface area contributed by atoms with Crippen LogP contribution in [0.25, 0.3) is 0 Å². The van der Waals surface area contributed by atoms with Gasteiger partial charge < -0.3 is 19.8 Å². The number of ether oxygens (including phenoxy) is 1. The Morgan fingerprint density at radius 1 is 1.33 bits per heavy atom. The molecule has 1 heterocycles. The summed E-state index contributed by atoms with van der Waals surface area (Å²) in [4.78, 5) is 24.0. The standard InChI is InChI=1S/C15H22N2O4/c1-20-13(18)15(8-3-2-4-9-15)17-14(19)16-10-7-12-6-5-11-21-12/h5-6,11H,2-4,7-10H2,1H3,(H2,16,17,19). The lowest BCUT2D eigenvalue weighted by Gasteiger charge is -2.35. The first-order chi connectivity index (χ1) is 10.2. The Bertz CT molecular complexity index is 464. The lowest BCUT2D eigenvalue weighted by Crippen LogP contribution is -2.58. The number of carbonyl (C=O) groups is 2. The van der Waals surface area contributed by atoms with Crippen LogP contribution in [0.5, 0.6) is 0 Å². The summed E-state index contributed by atoms with van der Waals surface area (Å²) in [6.07, 6.45) is 6.40. The molecule has 0 radical (unpaired) electrons. The summed E-state index contributed by atoms with van der Waals surface area (Å²) in [5, 5.41) is 5.56. The molecule has 2 rings (SSSR count). The van der Waals surface area contributed by atoms with Crippen LogP contribution in [0.2, 0.25) is 0 Å². The van der Waals surface area contributed by atoms with Crippen molar-refractivity contribution >= 4 is 12.0 Å². The second kappa shape index (κ2) is 7.15. The van der Waals surface area contributed by atoms with Crippen LogP contribution < -0.4 is 10.6 Å². The lowest BCUT2D eigenvalue weighted by molar-refractivity contribution is -0.149. The van der Waals surface area contributed by atoms with E-state index in [-0.39, 0.29) is 12.0 Å². The topological polar surface area (TPSA) is 80.6 Å². The number of urea groups is 1. The minimum Gasteiger partial charge on any atom is -0.469 e. The van der Waals surface area contributed by atoms with Crippen molar-refractivity contribution in [1.82, 2.24) is 10.6 Å². The predicted octanol–water partition coefficient (Wildman–Crippen LogP) is 2.00. The van der Waals surface area contributed by atoms with E-state index in [1.54, 1.807) is 6.26 Å². The van der Waals surface area contributed by atoms with Gasteiger partial charge in [-0.15, -0.1) is 0 Å². The summed E-state index contributed by atoms with van der Waals surface area (Å²) < 4.78 is 10.1. The highest BCUT2D eigenvalue weighted by molar-refractivity contribution is 5.87. The highest BCUT2D eigenvalue weighted by Gasteiger charge is 2.41. The average Bonchev–Trinajstić information content (AvgIpc) is 3.00. The second-order valence-electron chi connectivity index (χ2n) is 5.34. The first-order valence-corrected chi connectivity index (χ1v) is 7.33. The van der Waals surface area contributed by atoms with Crippen LogP contribution in [0.3, 0.4) is 0 Å². The van der Waals surface area contributed by atoms with Gasteiger partial charge in [-0.25, -0.2) is 9.59 Å². The molecule has 0 aliphatic heterocycles. The molecule has 1 saturated carbocycles. The molecule has 21 heavy (non-hydrogen) atoms. The molecule has 6 heteroatoms. The maximum Gasteiger partial charge on any atom is 0.331 e. The van der Waals surface area contributed by atoms with Gasteiger partial charge in [-0.1, -0.05) is 19.3 Å². The number of furan rings is 1. The van der Waals surface area contributed by atoms with E-state index in [0.717, 1.165) is 25.0 Å². The van der Waals surface area contributed by atoms with Crippen LogP contribution in [-0.4, -0.2) is 31.2 Å². The number of amides is 2. The van der Waals surface area contributed by atoms with Gasteiger partial charge in [0.05, 0.1) is 13.4 Å². The molecule has 2 N–H and O–H groups in total. The van der Waals surface area contributed by atoms with E-state index in [9.17, 15) is 9.59 Å². The number of carbonyl (C=O) groups excluding carboxylic acids is 2. The van der Waals surface area contributed by atoms with Crippen molar-refractivity contribution in [3.05, 3.63) is 24.2 Å². The highest BCUT2D eigenvalue weighted by atomic mass is 16.5. The van der Waals surface area contributed by atoms with Crippen molar-refractivity contribution in [3.63, 3.8) is 0 Å². The van der Waals surface area contributed by atoms with Crippen molar-refractivity contribution in [2.45, 2.75) is 44.1 Å². The fraction of sp³-hybridized carbons (Fsp3) is 0.600. The van der Waals surface area contributed by atoms with Crippen LogP contribution in [0.1, 0.15) is 37.9 Å². The molecule has 1 aliphatic carbocycles. The molecule has 0 saturated heterocycles. The van der Waals surface area contributed by atoms with Crippen molar-refractivity contribution in [3.8, 4) is 0 Å². The fourth-order valence-corrected chi connectivity index (χ4v) is 2.75. The van der Waals surface area contributed by atoms with Crippen LogP contribution >= 0.6 is 0 Å². The van der Waals surface area contributed by atoms with Gasteiger partial charge in [-0.3, -0.25) is 0 Å². The fourth-order valence-electron chi connectivity index (χ4n) is 2.75. The van der Waals surface area contributed by atoms with Crippen LogP contribution in [0.4, 0.5) is 4.79 Å². The molecular weight excluding hydrogens is 272 g/mol. The third-order valence-corrected chi connectivity index (χ3v) is 3.87. The van der Waals surface area contributed by atoms with E-state index in [4.69, 9.17) is 9.15 Å². The molecule has 1 aliphatic rings. The third-order valence-electron chi connectivity index (χ3n) is 3.87. The lowest BCUT2D eigenvalue weighted by atomic mass is 9.82. The molecule has 116 valence electrons. The summed E-state index contributed by atoms with van der Waals surface area (Å²) in [5.41, 5.74) is -0.873. The molecule has 0 atom stereocenters. The van der Waals surface area contributed by atoms with Crippen LogP contribution in [0.15, 0.2) is 22.8 Å². The number of rotatable bonds is 5. The number of methoxy groups -OCH3 is 1. The molecule has 6 nitrogen and oxygen atoms in total. The Morgan fingerprint density at radius 2 is 2.10 bits per heavy atom. The summed E-state index contributed by atoms with van der Waals surface area (Å²) in [7, 11) is 1.36. The van der Waals surface area contributed by atoms with Gasteiger partial charge in [-0.2, -0.15) is 0 Å². The number of esters is 1. The number of nitrogens with one attached hydrogen (secondary N) is 2. The van der Waals surface area contributed by atoms with Gasteiger partial charge in [0.2, 0.25) is 0 Å². The smallest absolute Gasteiger partial charge is 0.331 e. The number of hydrogen-bond acceptors (Lipinski definition) is 4. The van der Waals surface area contributed by atoms with Gasteiger partial charge in [0.25, 0.3) is 0 Å². The summed E-state index contributed by atoms with van der Waals surface area (Å²) >= 11 is 0. The number of hydrogen-bond donors (Lipinski definition) is 2. The first-order valence-electron chi connectivity index (χ1n) is 7.33. The Morgan fingerprint density at radius 3 is 2.71 bits per heavy atom. The van der Waals surface area contributed by atoms with E-state index in [2.05, 4.69) is 10.6 Å². The van der Waals surface area contributed by atoms with Crippen molar-refractivity contribution < 1.29 is 18.7 Å². The van der Waals surface area contributed by atoms with Gasteiger partial charge in [-0.05, 0) is 25.0 Å². The van der Waals surface area contributed by atoms with E-state index in [1.807, 2.05) is 12.1 Å². The average molecular weight is 294 g/mol. The molecule has 1 aromatic rings. The highest BCUT2D eigenvalue weighted by Crippen LogP contribution is 2.29. The minimum atomic E-state index is -0.873. The van der Waals surface area contributed by atoms with Crippen molar-refractivity contribution in [2.75, 3.05) is 13.7 Å². The zero-order valence-corrected chi connectivity index (χ0v) is 12.3. The second-order valence-corrected chi connectivity index (χ2v) is 5.34. The first kappa shape index (κ1) is 15.4. The molecule has 2 amide bonds. The SMILES string of the molecule is COC(=O)C1(NC(=O)NCCc2ccco2)CCCCC1. The van der Waals surface area contributed by atoms with Gasteiger partial charge >= 0.3 is 12.0 Å². The van der Waals surface area contributed by atoms with Gasteiger partial charge in [0.15, 0.2) is 0 Å². The Hall–Kier alpha value is -1.98. The Balaban J connectivity index is 1.84. The quantitative estimate of drug-likeness (QED) is 0.814. The Kier molecular flexibility index (Phi) is 5.25. The molecule has 0 spiro atoms. The van der Waals surface area contributed by atoms with Gasteiger partial charge in [0, 0.05) is 13.0 Å². The van der Waals surface area contributed by atoms with E-state index in [0.29, 0.717) is 25.8 Å². The molecule has 1 aromatic heterocycles. The molecule has 0 unspecified atom stereocenters. The van der Waals surface area contributed by atoms with Crippen molar-refractivity contribution in [2.24, 2.45) is 0 Å². The van der Waals surface area contributed by atoms with E-state index >= 15 is 0 Å². The largest absolute Gasteiger partial charge is 0.469 e. The normalized spacial score (nSPS) is 17.0. The minimum absolute atomic E-state index is 0.339. The zero-order chi connectivity index (χ0) is 15.1.